The van der Waals surface area contributed by atoms with E-state index < -0.39 is 0 Å². The number of nitrogens with zero attached hydrogens (tertiary/aromatic N) is 5. The average Bonchev–Trinajstić information content (AvgIpc) is 3.57. The Kier molecular flexibility index (Phi) is 5.48. The molecular formula is C24H28Cl2N6O. The second-order valence-corrected chi connectivity index (χ2v) is 10.9. The zero-order valence-electron chi connectivity index (χ0n) is 18.7. The van der Waals surface area contributed by atoms with Gasteiger partial charge in [-0.25, -0.2) is 14.6 Å². The number of likely N-dealkylation sites (tertiary alicyclic amines) is 1. The maximum absolute atomic E-state index is 6.71. The molecule has 2 aromatic heterocycles. The molecule has 0 radical (unpaired) electrons. The van der Waals surface area contributed by atoms with Crippen molar-refractivity contribution < 1.29 is 4.74 Å². The van der Waals surface area contributed by atoms with Crippen LogP contribution in [0.3, 0.4) is 0 Å². The topological polar surface area (TPSA) is 68.1 Å². The Morgan fingerprint density at radius 1 is 1.12 bits per heavy atom. The van der Waals surface area contributed by atoms with Crippen LogP contribution in [0.15, 0.2) is 24.5 Å². The standard InChI is InChI=1S/C24H28Cl2N6O/c1-24(13-33-14-24)12-31-6-4-15(5-7-31)18-9-20-16(8-19(18)25)10-27-23(29-20)30-21-11-28-32(22(21)26)17-2-3-17/h8-11,15,17H,2-7,12-14H2,1H3,(H,27,29,30). The number of halogens is 2. The average molecular weight is 487 g/mol. The Hall–Kier alpha value is -1.93. The molecule has 0 spiro atoms. The summed E-state index contributed by atoms with van der Waals surface area (Å²) in [7, 11) is 0. The Morgan fingerprint density at radius 2 is 1.91 bits per heavy atom. The van der Waals surface area contributed by atoms with Crippen molar-refractivity contribution in [3.8, 4) is 0 Å². The minimum atomic E-state index is 0.325. The summed E-state index contributed by atoms with van der Waals surface area (Å²) >= 11 is 13.2. The Bertz CT molecular complexity index is 1180. The highest BCUT2D eigenvalue weighted by atomic mass is 35.5. The van der Waals surface area contributed by atoms with Crippen LogP contribution in [0, 0.1) is 5.41 Å². The first kappa shape index (κ1) is 21.6. The lowest BCUT2D eigenvalue weighted by molar-refractivity contribution is -0.116. The largest absolute Gasteiger partial charge is 0.380 e. The highest BCUT2D eigenvalue weighted by Gasteiger charge is 2.36. The molecular weight excluding hydrogens is 459 g/mol. The third kappa shape index (κ3) is 4.32. The number of fused-ring (bicyclic) bond motifs is 1. The van der Waals surface area contributed by atoms with Gasteiger partial charge in [-0.3, -0.25) is 0 Å². The molecule has 6 rings (SSSR count). The molecule has 2 saturated heterocycles. The quantitative estimate of drug-likeness (QED) is 0.500. The molecule has 0 bridgehead atoms. The summed E-state index contributed by atoms with van der Waals surface area (Å²) < 4.78 is 7.29. The van der Waals surface area contributed by atoms with Gasteiger partial charge in [0, 0.05) is 28.6 Å². The van der Waals surface area contributed by atoms with E-state index in [0.29, 0.717) is 28.5 Å². The van der Waals surface area contributed by atoms with Crippen LogP contribution in [0.5, 0.6) is 0 Å². The van der Waals surface area contributed by atoms with Crippen LogP contribution >= 0.6 is 23.2 Å². The molecule has 3 fully saturated rings. The van der Waals surface area contributed by atoms with Gasteiger partial charge in [-0.15, -0.1) is 0 Å². The van der Waals surface area contributed by atoms with Gasteiger partial charge in [0.25, 0.3) is 0 Å². The predicted molar refractivity (Wildman–Crippen MR) is 131 cm³/mol. The van der Waals surface area contributed by atoms with Gasteiger partial charge < -0.3 is 15.0 Å². The highest BCUT2D eigenvalue weighted by Crippen LogP contribution is 2.39. The lowest BCUT2D eigenvalue weighted by Gasteiger charge is -2.43. The second-order valence-electron chi connectivity index (χ2n) is 10.1. The molecule has 33 heavy (non-hydrogen) atoms. The molecule has 1 aromatic carbocycles. The zero-order valence-corrected chi connectivity index (χ0v) is 20.2. The Morgan fingerprint density at radius 3 is 2.61 bits per heavy atom. The number of benzene rings is 1. The summed E-state index contributed by atoms with van der Waals surface area (Å²) in [6.45, 7) is 7.38. The normalized spacial score (nSPS) is 21.3. The fourth-order valence-corrected chi connectivity index (χ4v) is 5.65. The SMILES string of the molecule is CC1(CN2CCC(c3cc4nc(Nc5cnn(C6CC6)c5Cl)ncc4cc3Cl)CC2)COC1. The molecule has 174 valence electrons. The van der Waals surface area contributed by atoms with Crippen molar-refractivity contribution >= 4 is 45.7 Å². The molecule has 0 amide bonds. The van der Waals surface area contributed by atoms with E-state index in [1.807, 2.05) is 16.9 Å². The summed E-state index contributed by atoms with van der Waals surface area (Å²) in [6, 6.07) is 4.56. The van der Waals surface area contributed by atoms with Crippen molar-refractivity contribution in [3.05, 3.63) is 40.3 Å². The number of aromatic nitrogens is 4. The number of ether oxygens (including phenoxy) is 1. The van der Waals surface area contributed by atoms with Gasteiger partial charge in [0.05, 0.1) is 36.7 Å². The first-order chi connectivity index (χ1) is 16.0. The highest BCUT2D eigenvalue weighted by molar-refractivity contribution is 6.32. The lowest BCUT2D eigenvalue weighted by Crippen LogP contribution is -2.50. The van der Waals surface area contributed by atoms with Crippen molar-refractivity contribution in [2.45, 2.75) is 44.6 Å². The molecule has 1 aliphatic carbocycles. The van der Waals surface area contributed by atoms with Gasteiger partial charge in [0.15, 0.2) is 5.15 Å². The number of anilines is 2. The maximum Gasteiger partial charge on any atom is 0.227 e. The van der Waals surface area contributed by atoms with Crippen molar-refractivity contribution in [2.75, 3.05) is 38.2 Å². The number of nitrogens with one attached hydrogen (secondary N) is 1. The van der Waals surface area contributed by atoms with E-state index in [0.717, 1.165) is 80.1 Å². The van der Waals surface area contributed by atoms with Crippen molar-refractivity contribution in [3.63, 3.8) is 0 Å². The van der Waals surface area contributed by atoms with Crippen molar-refractivity contribution in [2.24, 2.45) is 5.41 Å². The number of hydrogen-bond acceptors (Lipinski definition) is 6. The van der Waals surface area contributed by atoms with Crippen molar-refractivity contribution in [1.29, 1.82) is 0 Å². The van der Waals surface area contributed by atoms with E-state index in [4.69, 9.17) is 32.9 Å². The monoisotopic (exact) mass is 486 g/mol. The smallest absolute Gasteiger partial charge is 0.227 e. The van der Waals surface area contributed by atoms with Crippen LogP contribution in [-0.4, -0.2) is 57.5 Å². The fourth-order valence-electron chi connectivity index (χ4n) is 5.05. The third-order valence-electron chi connectivity index (χ3n) is 7.11. The molecule has 2 aliphatic heterocycles. The first-order valence-electron chi connectivity index (χ1n) is 11.7. The lowest BCUT2D eigenvalue weighted by atomic mass is 9.85. The number of hydrogen-bond donors (Lipinski definition) is 1. The van der Waals surface area contributed by atoms with Crippen LogP contribution < -0.4 is 5.32 Å². The Balaban J connectivity index is 1.19. The van der Waals surface area contributed by atoms with E-state index in [-0.39, 0.29) is 0 Å². The number of piperidine rings is 1. The predicted octanol–water partition coefficient (Wildman–Crippen LogP) is 5.43. The number of rotatable bonds is 6. The van der Waals surface area contributed by atoms with E-state index in [9.17, 15) is 0 Å². The maximum atomic E-state index is 6.71. The second kappa shape index (κ2) is 8.38. The van der Waals surface area contributed by atoms with Gasteiger partial charge in [-0.2, -0.15) is 5.10 Å². The van der Waals surface area contributed by atoms with Crippen molar-refractivity contribution in [1.82, 2.24) is 24.6 Å². The molecule has 1 saturated carbocycles. The molecule has 0 atom stereocenters. The molecule has 9 heteroatoms. The van der Waals surface area contributed by atoms with Crippen LogP contribution in [0.25, 0.3) is 10.9 Å². The summed E-state index contributed by atoms with van der Waals surface area (Å²) in [6.07, 6.45) is 8.02. The first-order valence-corrected chi connectivity index (χ1v) is 12.5. The summed E-state index contributed by atoms with van der Waals surface area (Å²) in [5, 5.41) is 9.97. The Labute approximate surface area is 203 Å². The van der Waals surface area contributed by atoms with E-state index >= 15 is 0 Å². The summed E-state index contributed by atoms with van der Waals surface area (Å²) in [4.78, 5) is 11.8. The third-order valence-corrected chi connectivity index (χ3v) is 7.81. The van der Waals surface area contributed by atoms with Crippen LogP contribution in [-0.2, 0) is 4.74 Å². The van der Waals surface area contributed by atoms with Crippen LogP contribution in [0.2, 0.25) is 10.2 Å². The van der Waals surface area contributed by atoms with Gasteiger partial charge in [-0.1, -0.05) is 30.1 Å². The summed E-state index contributed by atoms with van der Waals surface area (Å²) in [5.74, 6) is 0.958. The van der Waals surface area contributed by atoms with Gasteiger partial charge >= 0.3 is 0 Å². The fraction of sp³-hybridized carbons (Fsp3) is 0.542. The molecule has 3 aromatic rings. The molecule has 3 aliphatic rings. The van der Waals surface area contributed by atoms with E-state index in [1.165, 1.54) is 5.56 Å². The molecule has 4 heterocycles. The van der Waals surface area contributed by atoms with Gasteiger partial charge in [-0.05, 0) is 62.4 Å². The zero-order chi connectivity index (χ0) is 22.6. The van der Waals surface area contributed by atoms with Crippen LogP contribution in [0.1, 0.15) is 50.1 Å². The molecule has 0 unspecified atom stereocenters. The van der Waals surface area contributed by atoms with E-state index in [1.54, 1.807) is 6.20 Å². The molecule has 7 nitrogen and oxygen atoms in total. The van der Waals surface area contributed by atoms with Gasteiger partial charge in [0.2, 0.25) is 5.95 Å². The minimum absolute atomic E-state index is 0.325. The van der Waals surface area contributed by atoms with Gasteiger partial charge in [0.1, 0.15) is 0 Å². The summed E-state index contributed by atoms with van der Waals surface area (Å²) in [5.41, 5.74) is 3.13. The van der Waals surface area contributed by atoms with Crippen LogP contribution in [0.4, 0.5) is 11.6 Å². The minimum Gasteiger partial charge on any atom is -0.380 e. The van der Waals surface area contributed by atoms with E-state index in [2.05, 4.69) is 33.3 Å². The molecule has 1 N–H and O–H groups in total.